The quantitative estimate of drug-likeness (QED) is 0.820. The van der Waals surface area contributed by atoms with Crippen molar-refractivity contribution in [1.82, 2.24) is 9.55 Å². The molecule has 0 bridgehead atoms. The second kappa shape index (κ2) is 3.84. The van der Waals surface area contributed by atoms with Crippen molar-refractivity contribution < 1.29 is 9.90 Å². The number of hydrogen-bond acceptors (Lipinski definition) is 3. The van der Waals surface area contributed by atoms with Crippen LogP contribution in [0.2, 0.25) is 0 Å². The molecule has 0 aliphatic carbocycles. The van der Waals surface area contributed by atoms with Crippen LogP contribution in [0.25, 0.3) is 11.0 Å². The lowest BCUT2D eigenvalue weighted by Gasteiger charge is -2.12. The molecular weight excluding hydrogens is 206 g/mol. The van der Waals surface area contributed by atoms with Crippen LogP contribution in [-0.4, -0.2) is 26.7 Å². The van der Waals surface area contributed by atoms with Gasteiger partial charge in [-0.1, -0.05) is 0 Å². The van der Waals surface area contributed by atoms with E-state index in [4.69, 9.17) is 5.11 Å². The summed E-state index contributed by atoms with van der Waals surface area (Å²) in [6.07, 6.45) is 3.56. The van der Waals surface area contributed by atoms with Crippen molar-refractivity contribution in [2.45, 2.75) is 13.0 Å². The van der Waals surface area contributed by atoms with E-state index in [2.05, 4.69) is 10.3 Å². The van der Waals surface area contributed by atoms with Crippen molar-refractivity contribution in [2.75, 3.05) is 5.32 Å². The average Bonchev–Trinajstić information content (AvgIpc) is 2.61. The molecule has 0 spiro atoms. The van der Waals surface area contributed by atoms with Gasteiger partial charge in [0.25, 0.3) is 0 Å². The Balaban J connectivity index is 2.44. The van der Waals surface area contributed by atoms with Crippen molar-refractivity contribution in [2.24, 2.45) is 7.05 Å². The molecular formula is C11H13N3O2. The van der Waals surface area contributed by atoms with Crippen LogP contribution in [0.3, 0.4) is 0 Å². The molecule has 0 aromatic carbocycles. The van der Waals surface area contributed by atoms with Crippen molar-refractivity contribution in [3.63, 3.8) is 0 Å². The molecule has 0 radical (unpaired) electrons. The van der Waals surface area contributed by atoms with Crippen molar-refractivity contribution in [3.8, 4) is 0 Å². The van der Waals surface area contributed by atoms with Gasteiger partial charge in [-0.15, -0.1) is 0 Å². The molecule has 16 heavy (non-hydrogen) atoms. The highest BCUT2D eigenvalue weighted by Crippen LogP contribution is 2.22. The third-order valence-corrected chi connectivity index (χ3v) is 2.50. The maximum Gasteiger partial charge on any atom is 0.325 e. The van der Waals surface area contributed by atoms with Crippen LogP contribution in [-0.2, 0) is 11.8 Å². The first-order chi connectivity index (χ1) is 7.59. The van der Waals surface area contributed by atoms with Crippen LogP contribution in [0.4, 0.5) is 5.69 Å². The Morgan fingerprint density at radius 3 is 3.00 bits per heavy atom. The third kappa shape index (κ3) is 1.71. The van der Waals surface area contributed by atoms with Crippen LogP contribution in [0, 0.1) is 0 Å². The summed E-state index contributed by atoms with van der Waals surface area (Å²) >= 11 is 0. The monoisotopic (exact) mass is 219 g/mol. The average molecular weight is 219 g/mol. The molecule has 2 N–H and O–H groups in total. The summed E-state index contributed by atoms with van der Waals surface area (Å²) in [6, 6.07) is 3.05. The highest BCUT2D eigenvalue weighted by Gasteiger charge is 2.13. The van der Waals surface area contributed by atoms with Crippen LogP contribution < -0.4 is 5.32 Å². The molecule has 84 valence electrons. The second-order valence-electron chi connectivity index (χ2n) is 3.72. The molecule has 1 atom stereocenters. The van der Waals surface area contributed by atoms with Gasteiger partial charge in [-0.25, -0.2) is 0 Å². The Labute approximate surface area is 92.7 Å². The molecule has 0 saturated carbocycles. The first-order valence-corrected chi connectivity index (χ1v) is 4.99. The highest BCUT2D eigenvalue weighted by molar-refractivity contribution is 5.90. The van der Waals surface area contributed by atoms with E-state index < -0.39 is 12.0 Å². The van der Waals surface area contributed by atoms with Crippen molar-refractivity contribution >= 4 is 22.7 Å². The highest BCUT2D eigenvalue weighted by atomic mass is 16.4. The molecule has 0 saturated heterocycles. The van der Waals surface area contributed by atoms with Gasteiger partial charge in [-0.05, 0) is 19.1 Å². The summed E-state index contributed by atoms with van der Waals surface area (Å²) < 4.78 is 1.92. The number of nitrogens with zero attached hydrogens (tertiary/aromatic N) is 2. The number of aliphatic carboxylic acids is 1. The lowest BCUT2D eigenvalue weighted by molar-refractivity contribution is -0.137. The summed E-state index contributed by atoms with van der Waals surface area (Å²) in [4.78, 5) is 15.0. The van der Waals surface area contributed by atoms with Gasteiger partial charge in [0.15, 0.2) is 0 Å². The molecule has 2 aromatic rings. The Hall–Kier alpha value is -2.04. The molecule has 1 unspecified atom stereocenters. The molecule has 5 nitrogen and oxygen atoms in total. The predicted octanol–water partition coefficient (Wildman–Crippen LogP) is 1.46. The topological polar surface area (TPSA) is 67.2 Å². The van der Waals surface area contributed by atoms with E-state index in [1.165, 1.54) is 0 Å². The fourth-order valence-corrected chi connectivity index (χ4v) is 1.63. The Bertz CT molecular complexity index is 533. The van der Waals surface area contributed by atoms with Gasteiger partial charge >= 0.3 is 5.97 Å². The maximum absolute atomic E-state index is 10.8. The Morgan fingerprint density at radius 2 is 2.31 bits per heavy atom. The molecule has 0 amide bonds. The number of carboxylic acid groups (broad SMARTS) is 1. The summed E-state index contributed by atoms with van der Waals surface area (Å²) in [5.74, 6) is -0.876. The fraction of sp³-hybridized carbons (Fsp3) is 0.273. The van der Waals surface area contributed by atoms with Crippen LogP contribution in [0.15, 0.2) is 24.5 Å². The van der Waals surface area contributed by atoms with E-state index in [0.717, 1.165) is 16.7 Å². The number of aryl methyl sites for hydroxylation is 1. The first-order valence-electron chi connectivity index (χ1n) is 4.99. The third-order valence-electron chi connectivity index (χ3n) is 2.50. The van der Waals surface area contributed by atoms with Gasteiger partial charge in [0, 0.05) is 19.4 Å². The predicted molar refractivity (Wildman–Crippen MR) is 61.4 cm³/mol. The lowest BCUT2D eigenvalue weighted by atomic mass is 10.2. The lowest BCUT2D eigenvalue weighted by Crippen LogP contribution is -2.25. The maximum atomic E-state index is 10.8. The molecule has 2 heterocycles. The number of fused-ring (bicyclic) bond motifs is 1. The number of anilines is 1. The zero-order valence-electron chi connectivity index (χ0n) is 9.14. The zero-order valence-corrected chi connectivity index (χ0v) is 9.14. The van der Waals surface area contributed by atoms with E-state index in [0.29, 0.717) is 0 Å². The van der Waals surface area contributed by atoms with Crippen molar-refractivity contribution in [1.29, 1.82) is 0 Å². The first kappa shape index (κ1) is 10.5. The molecule has 0 aliphatic heterocycles. The number of pyridine rings is 1. The standard InChI is InChI=1S/C11H13N3O2/c1-7(11(15)16)13-9-3-5-12-8-4-6-14(2)10(8)9/h3-7H,1-2H3,(H,12,13)(H,15,16). The molecule has 0 fully saturated rings. The van der Waals surface area contributed by atoms with Crippen LogP contribution in [0.5, 0.6) is 0 Å². The summed E-state index contributed by atoms with van der Waals surface area (Å²) in [7, 11) is 1.90. The van der Waals surface area contributed by atoms with E-state index in [-0.39, 0.29) is 0 Å². The fourth-order valence-electron chi connectivity index (χ4n) is 1.63. The van der Waals surface area contributed by atoms with Gasteiger partial charge in [0.2, 0.25) is 0 Å². The summed E-state index contributed by atoms with van der Waals surface area (Å²) in [5, 5.41) is 11.8. The van der Waals surface area contributed by atoms with Gasteiger partial charge in [0.05, 0.1) is 16.7 Å². The second-order valence-corrected chi connectivity index (χ2v) is 3.72. The number of hydrogen-bond donors (Lipinski definition) is 2. The number of nitrogens with one attached hydrogen (secondary N) is 1. The molecule has 2 rings (SSSR count). The van der Waals surface area contributed by atoms with Crippen LogP contribution in [0.1, 0.15) is 6.92 Å². The zero-order chi connectivity index (χ0) is 11.7. The number of aromatic nitrogens is 2. The Kier molecular flexibility index (Phi) is 2.52. The largest absolute Gasteiger partial charge is 0.480 e. The number of rotatable bonds is 3. The van der Waals surface area contributed by atoms with E-state index in [1.807, 2.05) is 23.9 Å². The van der Waals surface area contributed by atoms with E-state index >= 15 is 0 Å². The van der Waals surface area contributed by atoms with Gasteiger partial charge in [0.1, 0.15) is 6.04 Å². The van der Waals surface area contributed by atoms with E-state index in [9.17, 15) is 4.79 Å². The number of carboxylic acids is 1. The van der Waals surface area contributed by atoms with Gasteiger partial charge in [-0.2, -0.15) is 0 Å². The van der Waals surface area contributed by atoms with E-state index in [1.54, 1.807) is 19.2 Å². The minimum atomic E-state index is -0.876. The SMILES string of the molecule is CC(Nc1ccnc2ccn(C)c12)C(=O)O. The minimum Gasteiger partial charge on any atom is -0.480 e. The van der Waals surface area contributed by atoms with Crippen LogP contribution >= 0.6 is 0 Å². The molecule has 2 aromatic heterocycles. The minimum absolute atomic E-state index is 0.625. The summed E-state index contributed by atoms with van der Waals surface area (Å²) in [5.41, 5.74) is 2.55. The van der Waals surface area contributed by atoms with Gasteiger partial charge < -0.3 is 15.0 Å². The smallest absolute Gasteiger partial charge is 0.325 e. The van der Waals surface area contributed by atoms with Crippen molar-refractivity contribution in [3.05, 3.63) is 24.5 Å². The van der Waals surface area contributed by atoms with Gasteiger partial charge in [-0.3, -0.25) is 9.78 Å². The molecule has 0 aliphatic rings. The molecule has 5 heteroatoms. The summed E-state index contributed by atoms with van der Waals surface area (Å²) in [6.45, 7) is 1.61. The number of carbonyl (C=O) groups is 1. The Morgan fingerprint density at radius 1 is 1.56 bits per heavy atom. The normalized spacial score (nSPS) is 12.6.